The Morgan fingerprint density at radius 2 is 0.824 bits per heavy atom. The Labute approximate surface area is 197 Å². The minimum atomic E-state index is -4.19. The average Bonchev–Trinajstić information content (AvgIpc) is 2.83. The van der Waals surface area contributed by atoms with Crippen LogP contribution in [0.25, 0.3) is 21.5 Å². The predicted molar refractivity (Wildman–Crippen MR) is 130 cm³/mol. The third-order valence-electron chi connectivity index (χ3n) is 5.26. The second-order valence-electron chi connectivity index (χ2n) is 7.50. The largest absolute Gasteiger partial charge is 0.379 e. The molecule has 0 aliphatic rings. The quantitative estimate of drug-likeness (QED) is 0.291. The molecule has 0 bridgehead atoms. The van der Waals surface area contributed by atoms with Crippen LogP contribution in [0.15, 0.2) is 119 Å². The topological polar surface area (TPSA) is 86.7 Å². The van der Waals surface area contributed by atoms with Crippen LogP contribution >= 0.6 is 0 Å². The Hall–Kier alpha value is -3.88. The SMILES string of the molecule is O=S(=O)(Oc1cccc(OS(=O)(=O)c2cccc3ccccc23)c1)c1cccc2ccccc12. The molecule has 5 aromatic rings. The molecule has 0 fully saturated rings. The van der Waals surface area contributed by atoms with Crippen LogP contribution in [-0.2, 0) is 20.2 Å². The third-order valence-corrected chi connectivity index (χ3v) is 7.87. The second-order valence-corrected chi connectivity index (χ2v) is 10.5. The lowest BCUT2D eigenvalue weighted by Crippen LogP contribution is -2.12. The fourth-order valence-electron chi connectivity index (χ4n) is 3.75. The van der Waals surface area contributed by atoms with Gasteiger partial charge in [0.15, 0.2) is 0 Å². The van der Waals surface area contributed by atoms with E-state index in [1.165, 1.54) is 36.4 Å². The van der Waals surface area contributed by atoms with Crippen molar-refractivity contribution in [1.82, 2.24) is 0 Å². The van der Waals surface area contributed by atoms with Crippen LogP contribution in [0.2, 0.25) is 0 Å². The molecule has 0 aliphatic heterocycles. The number of hydrogen-bond donors (Lipinski definition) is 0. The van der Waals surface area contributed by atoms with Crippen LogP contribution in [0.4, 0.5) is 0 Å². The molecule has 0 saturated carbocycles. The maximum absolute atomic E-state index is 13.0. The smallest absolute Gasteiger partial charge is 0.339 e. The summed E-state index contributed by atoms with van der Waals surface area (Å²) in [5.74, 6) is -0.142. The Bertz CT molecular complexity index is 1610. The lowest BCUT2D eigenvalue weighted by molar-refractivity contribution is 0.477. The van der Waals surface area contributed by atoms with Crippen LogP contribution in [0.3, 0.4) is 0 Å². The molecule has 0 radical (unpaired) electrons. The molecule has 6 nitrogen and oxygen atoms in total. The van der Waals surface area contributed by atoms with Gasteiger partial charge in [0.05, 0.1) is 0 Å². The van der Waals surface area contributed by atoms with E-state index in [1.54, 1.807) is 60.7 Å². The molecule has 0 amide bonds. The standard InChI is InChI=1S/C26H18O6S2/c27-33(28,25-16-5-10-19-8-1-3-14-23(19)25)31-21-12-7-13-22(18-21)32-34(29,30)26-17-6-11-20-9-2-4-15-24(20)26/h1-18H. The normalized spacial score (nSPS) is 12.0. The van der Waals surface area contributed by atoms with Gasteiger partial charge in [0, 0.05) is 16.8 Å². The van der Waals surface area contributed by atoms with Gasteiger partial charge in [0.2, 0.25) is 0 Å². The molecule has 0 N–H and O–H groups in total. The fraction of sp³-hybridized carbons (Fsp3) is 0. The Morgan fingerprint density at radius 1 is 0.441 bits per heavy atom. The van der Waals surface area contributed by atoms with Gasteiger partial charge >= 0.3 is 20.2 Å². The van der Waals surface area contributed by atoms with Crippen molar-refractivity contribution >= 4 is 41.8 Å². The van der Waals surface area contributed by atoms with E-state index in [0.717, 1.165) is 10.8 Å². The van der Waals surface area contributed by atoms with Crippen molar-refractivity contribution in [2.45, 2.75) is 9.79 Å². The van der Waals surface area contributed by atoms with Crippen molar-refractivity contribution < 1.29 is 25.2 Å². The van der Waals surface area contributed by atoms with Crippen LogP contribution < -0.4 is 8.37 Å². The van der Waals surface area contributed by atoms with Crippen molar-refractivity contribution in [2.24, 2.45) is 0 Å². The minimum Gasteiger partial charge on any atom is -0.379 e. The van der Waals surface area contributed by atoms with Gasteiger partial charge in [-0.15, -0.1) is 0 Å². The van der Waals surface area contributed by atoms with E-state index >= 15 is 0 Å². The molecule has 170 valence electrons. The Kier molecular flexibility index (Phi) is 5.47. The number of benzene rings is 5. The van der Waals surface area contributed by atoms with Gasteiger partial charge in [0.1, 0.15) is 21.3 Å². The lowest BCUT2D eigenvalue weighted by Gasteiger charge is -2.12. The summed E-state index contributed by atoms with van der Waals surface area (Å²) >= 11 is 0. The summed E-state index contributed by atoms with van der Waals surface area (Å²) in [6, 6.07) is 29.5. The van der Waals surface area contributed by atoms with Crippen molar-refractivity contribution in [3.8, 4) is 11.5 Å². The van der Waals surface area contributed by atoms with Crippen LogP contribution in [-0.4, -0.2) is 16.8 Å². The lowest BCUT2D eigenvalue weighted by atomic mass is 10.1. The molecule has 0 unspecified atom stereocenters. The highest BCUT2D eigenvalue weighted by atomic mass is 32.2. The molecule has 0 aromatic heterocycles. The van der Waals surface area contributed by atoms with Gasteiger partial charge in [0.25, 0.3) is 0 Å². The first-order chi connectivity index (χ1) is 16.3. The summed E-state index contributed by atoms with van der Waals surface area (Å²) < 4.78 is 62.6. The van der Waals surface area contributed by atoms with Gasteiger partial charge in [-0.05, 0) is 35.0 Å². The molecule has 5 aromatic carbocycles. The third kappa shape index (κ3) is 4.21. The Morgan fingerprint density at radius 3 is 1.29 bits per heavy atom. The molecule has 34 heavy (non-hydrogen) atoms. The maximum atomic E-state index is 13.0. The Balaban J connectivity index is 1.46. The number of hydrogen-bond acceptors (Lipinski definition) is 6. The summed E-state index contributed by atoms with van der Waals surface area (Å²) in [7, 11) is -8.37. The molecule has 0 atom stereocenters. The number of fused-ring (bicyclic) bond motifs is 2. The van der Waals surface area contributed by atoms with Gasteiger partial charge in [-0.1, -0.05) is 78.9 Å². The van der Waals surface area contributed by atoms with Crippen molar-refractivity contribution in [2.75, 3.05) is 0 Å². The fourth-order valence-corrected chi connectivity index (χ4v) is 6.04. The first-order valence-electron chi connectivity index (χ1n) is 10.3. The van der Waals surface area contributed by atoms with Crippen LogP contribution in [0.5, 0.6) is 11.5 Å². The summed E-state index contributed by atoms with van der Waals surface area (Å²) in [5, 5.41) is 2.56. The summed E-state index contributed by atoms with van der Waals surface area (Å²) in [5.41, 5.74) is 0. The molecule has 8 heteroatoms. The number of rotatable bonds is 6. The minimum absolute atomic E-state index is 0.0142. The van der Waals surface area contributed by atoms with Gasteiger partial charge in [-0.3, -0.25) is 0 Å². The van der Waals surface area contributed by atoms with Crippen molar-refractivity contribution in [3.63, 3.8) is 0 Å². The zero-order valence-electron chi connectivity index (χ0n) is 17.7. The van der Waals surface area contributed by atoms with E-state index in [9.17, 15) is 16.8 Å². The molecular formula is C26H18O6S2. The van der Waals surface area contributed by atoms with E-state index in [1.807, 2.05) is 12.1 Å². The molecule has 0 aliphatic carbocycles. The van der Waals surface area contributed by atoms with E-state index in [-0.39, 0.29) is 21.3 Å². The van der Waals surface area contributed by atoms with Gasteiger partial charge in [-0.2, -0.15) is 16.8 Å². The first kappa shape index (κ1) is 21.9. The van der Waals surface area contributed by atoms with E-state index < -0.39 is 20.2 Å². The van der Waals surface area contributed by atoms with E-state index in [2.05, 4.69) is 0 Å². The van der Waals surface area contributed by atoms with Crippen LogP contribution in [0.1, 0.15) is 0 Å². The summed E-state index contributed by atoms with van der Waals surface area (Å²) in [4.78, 5) is 0.0283. The van der Waals surface area contributed by atoms with Crippen LogP contribution in [0, 0.1) is 0 Å². The molecule has 0 saturated heterocycles. The zero-order chi connectivity index (χ0) is 23.8. The molecule has 5 rings (SSSR count). The summed E-state index contributed by atoms with van der Waals surface area (Å²) in [6.45, 7) is 0. The van der Waals surface area contributed by atoms with Crippen molar-refractivity contribution in [3.05, 3.63) is 109 Å². The highest BCUT2D eigenvalue weighted by Crippen LogP contribution is 2.30. The monoisotopic (exact) mass is 490 g/mol. The molecular weight excluding hydrogens is 472 g/mol. The predicted octanol–water partition coefficient (Wildman–Crippen LogP) is 5.53. The molecule has 0 heterocycles. The van der Waals surface area contributed by atoms with E-state index in [4.69, 9.17) is 8.37 Å². The zero-order valence-corrected chi connectivity index (χ0v) is 19.3. The van der Waals surface area contributed by atoms with Gasteiger partial charge in [-0.25, -0.2) is 0 Å². The maximum Gasteiger partial charge on any atom is 0.339 e. The highest BCUT2D eigenvalue weighted by Gasteiger charge is 2.22. The highest BCUT2D eigenvalue weighted by molar-refractivity contribution is 7.87. The second kappa shape index (κ2) is 8.48. The molecule has 0 spiro atoms. The van der Waals surface area contributed by atoms with E-state index in [0.29, 0.717) is 10.8 Å². The van der Waals surface area contributed by atoms with Gasteiger partial charge < -0.3 is 8.37 Å². The summed E-state index contributed by atoms with van der Waals surface area (Å²) in [6.07, 6.45) is 0. The van der Waals surface area contributed by atoms with Crippen molar-refractivity contribution in [1.29, 1.82) is 0 Å². The average molecular weight is 491 g/mol. The first-order valence-corrected chi connectivity index (χ1v) is 13.1.